The van der Waals surface area contributed by atoms with Crippen LogP contribution in [-0.4, -0.2) is 10.9 Å². The molecule has 3 aromatic rings. The second kappa shape index (κ2) is 6.47. The lowest BCUT2D eigenvalue weighted by atomic mass is 10.2. The largest absolute Gasteiger partial charge is 0.321 e. The Hall–Kier alpha value is -2.90. The number of nitrogens with one attached hydrogen (secondary N) is 1. The van der Waals surface area contributed by atoms with Crippen molar-refractivity contribution >= 4 is 22.9 Å². The summed E-state index contributed by atoms with van der Waals surface area (Å²) in [5.41, 5.74) is 3.14. The van der Waals surface area contributed by atoms with Gasteiger partial charge in [0.05, 0.1) is 5.69 Å². The van der Waals surface area contributed by atoms with Crippen LogP contribution in [0.4, 0.5) is 5.69 Å². The third kappa shape index (κ3) is 3.31. The highest BCUT2D eigenvalue weighted by molar-refractivity contribution is 7.17. The van der Waals surface area contributed by atoms with E-state index in [-0.39, 0.29) is 5.91 Å². The smallest absolute Gasteiger partial charge is 0.267 e. The van der Waals surface area contributed by atoms with Crippen molar-refractivity contribution in [2.75, 3.05) is 5.32 Å². The molecule has 1 aromatic heterocycles. The molecule has 0 unspecified atom stereocenters. The number of rotatable bonds is 3. The first-order chi connectivity index (χ1) is 11.2. The summed E-state index contributed by atoms with van der Waals surface area (Å²) in [7, 11) is 0. The first kappa shape index (κ1) is 15.0. The van der Waals surface area contributed by atoms with Crippen LogP contribution < -0.4 is 5.32 Å². The average Bonchev–Trinajstić information content (AvgIpc) is 2.98. The van der Waals surface area contributed by atoms with Crippen molar-refractivity contribution in [3.8, 4) is 22.9 Å². The molecule has 3 nitrogen and oxygen atoms in total. The van der Waals surface area contributed by atoms with Gasteiger partial charge in [-0.25, -0.2) is 4.98 Å². The number of carbonyl (C=O) groups is 1. The summed E-state index contributed by atoms with van der Waals surface area (Å²) in [6.07, 6.45) is 5.38. The van der Waals surface area contributed by atoms with Gasteiger partial charge in [0.2, 0.25) is 0 Å². The van der Waals surface area contributed by atoms with Crippen molar-refractivity contribution in [2.45, 2.75) is 6.92 Å². The molecular formula is C19H14N2OS. The Bertz CT molecular complexity index is 891. The number of hydrogen-bond donors (Lipinski definition) is 1. The molecule has 0 aliphatic heterocycles. The van der Waals surface area contributed by atoms with Crippen molar-refractivity contribution in [3.05, 3.63) is 70.7 Å². The fourth-order valence-electron chi connectivity index (χ4n) is 2.19. The van der Waals surface area contributed by atoms with Gasteiger partial charge in [0.1, 0.15) is 9.88 Å². The van der Waals surface area contributed by atoms with E-state index in [0.717, 1.165) is 21.8 Å². The lowest BCUT2D eigenvalue weighted by molar-refractivity contribution is 0.103. The van der Waals surface area contributed by atoms with E-state index in [4.69, 9.17) is 6.42 Å². The van der Waals surface area contributed by atoms with E-state index in [0.29, 0.717) is 10.6 Å². The Balaban J connectivity index is 1.85. The van der Waals surface area contributed by atoms with Gasteiger partial charge < -0.3 is 5.32 Å². The molecule has 0 saturated carbocycles. The van der Waals surface area contributed by atoms with Gasteiger partial charge in [-0.15, -0.1) is 17.8 Å². The average molecular weight is 318 g/mol. The minimum atomic E-state index is -0.170. The highest BCUT2D eigenvalue weighted by atomic mass is 32.1. The maximum absolute atomic E-state index is 12.5. The van der Waals surface area contributed by atoms with E-state index in [1.165, 1.54) is 11.3 Å². The number of thiazole rings is 1. The number of carbonyl (C=O) groups excluding carboxylic acids is 1. The molecule has 3 rings (SSSR count). The van der Waals surface area contributed by atoms with Crippen LogP contribution in [0.3, 0.4) is 0 Å². The number of amides is 1. The standard InChI is InChI=1S/C19H14N2OS/c1-3-14-8-7-11-16(12-14)21-18(22)17-13(2)20-19(23-17)15-9-5-4-6-10-15/h1,4-12H,2H3,(H,21,22). The molecule has 0 aliphatic carbocycles. The predicted molar refractivity (Wildman–Crippen MR) is 94.6 cm³/mol. The number of aryl methyl sites for hydroxylation is 1. The van der Waals surface area contributed by atoms with E-state index < -0.39 is 0 Å². The molecule has 0 radical (unpaired) electrons. The van der Waals surface area contributed by atoms with E-state index in [2.05, 4.69) is 16.2 Å². The summed E-state index contributed by atoms with van der Waals surface area (Å²) in [5.74, 6) is 2.39. The van der Waals surface area contributed by atoms with Crippen LogP contribution in [0, 0.1) is 19.3 Å². The number of benzene rings is 2. The van der Waals surface area contributed by atoms with Crippen LogP contribution in [-0.2, 0) is 0 Å². The molecule has 2 aromatic carbocycles. The zero-order valence-corrected chi connectivity index (χ0v) is 13.4. The Morgan fingerprint density at radius 3 is 2.70 bits per heavy atom. The minimum absolute atomic E-state index is 0.170. The minimum Gasteiger partial charge on any atom is -0.321 e. The summed E-state index contributed by atoms with van der Waals surface area (Å²) in [4.78, 5) is 17.6. The molecule has 23 heavy (non-hydrogen) atoms. The number of terminal acetylenes is 1. The maximum Gasteiger partial charge on any atom is 0.267 e. The predicted octanol–water partition coefficient (Wildman–Crippen LogP) is 4.35. The van der Waals surface area contributed by atoms with Gasteiger partial charge in [-0.05, 0) is 25.1 Å². The van der Waals surface area contributed by atoms with Crippen LogP contribution in [0.5, 0.6) is 0 Å². The van der Waals surface area contributed by atoms with Gasteiger partial charge in [0.15, 0.2) is 0 Å². The molecule has 0 saturated heterocycles. The molecule has 0 fully saturated rings. The normalized spacial score (nSPS) is 10.1. The van der Waals surface area contributed by atoms with E-state index in [1.807, 2.05) is 55.5 Å². The van der Waals surface area contributed by atoms with E-state index >= 15 is 0 Å². The van der Waals surface area contributed by atoms with E-state index in [9.17, 15) is 4.79 Å². The molecule has 1 amide bonds. The van der Waals surface area contributed by atoms with Crippen molar-refractivity contribution < 1.29 is 4.79 Å². The third-order valence-corrected chi connectivity index (χ3v) is 4.52. The molecule has 0 spiro atoms. The van der Waals surface area contributed by atoms with Crippen LogP contribution in [0.25, 0.3) is 10.6 Å². The molecule has 112 valence electrons. The fourth-order valence-corrected chi connectivity index (χ4v) is 3.15. The Morgan fingerprint density at radius 1 is 1.17 bits per heavy atom. The Morgan fingerprint density at radius 2 is 1.96 bits per heavy atom. The summed E-state index contributed by atoms with van der Waals surface area (Å²) >= 11 is 1.39. The molecule has 1 N–H and O–H groups in total. The van der Waals surface area contributed by atoms with Crippen molar-refractivity contribution in [1.29, 1.82) is 0 Å². The first-order valence-corrected chi connectivity index (χ1v) is 7.90. The van der Waals surface area contributed by atoms with Crippen molar-refractivity contribution in [3.63, 3.8) is 0 Å². The highest BCUT2D eigenvalue weighted by Gasteiger charge is 2.16. The number of anilines is 1. The van der Waals surface area contributed by atoms with Gasteiger partial charge >= 0.3 is 0 Å². The van der Waals surface area contributed by atoms with Crippen LogP contribution in [0.1, 0.15) is 20.9 Å². The molecule has 0 bridgehead atoms. The second-order valence-corrected chi connectivity index (χ2v) is 5.98. The van der Waals surface area contributed by atoms with Gasteiger partial charge in [-0.3, -0.25) is 4.79 Å². The zero-order chi connectivity index (χ0) is 16.2. The second-order valence-electron chi connectivity index (χ2n) is 4.98. The monoisotopic (exact) mass is 318 g/mol. The summed E-state index contributed by atoms with van der Waals surface area (Å²) in [5, 5.41) is 3.71. The molecule has 4 heteroatoms. The lowest BCUT2D eigenvalue weighted by Crippen LogP contribution is -2.11. The van der Waals surface area contributed by atoms with Crippen molar-refractivity contribution in [2.24, 2.45) is 0 Å². The number of nitrogens with zero attached hydrogens (tertiary/aromatic N) is 1. The number of hydrogen-bond acceptors (Lipinski definition) is 3. The summed E-state index contributed by atoms with van der Waals surface area (Å²) in [6.45, 7) is 1.84. The maximum atomic E-state index is 12.5. The van der Waals surface area contributed by atoms with Crippen molar-refractivity contribution in [1.82, 2.24) is 4.98 Å². The van der Waals surface area contributed by atoms with Crippen LogP contribution in [0.2, 0.25) is 0 Å². The van der Waals surface area contributed by atoms with Gasteiger partial charge in [0, 0.05) is 16.8 Å². The summed E-state index contributed by atoms with van der Waals surface area (Å²) in [6, 6.07) is 17.1. The zero-order valence-electron chi connectivity index (χ0n) is 12.5. The van der Waals surface area contributed by atoms with Crippen LogP contribution >= 0.6 is 11.3 Å². The van der Waals surface area contributed by atoms with Crippen LogP contribution in [0.15, 0.2) is 54.6 Å². The lowest BCUT2D eigenvalue weighted by Gasteiger charge is -2.04. The number of aromatic nitrogens is 1. The molecule has 1 heterocycles. The Kier molecular flexibility index (Phi) is 4.22. The van der Waals surface area contributed by atoms with Gasteiger partial charge in [0.25, 0.3) is 5.91 Å². The SMILES string of the molecule is C#Cc1cccc(NC(=O)c2sc(-c3ccccc3)nc2C)c1. The summed E-state index contributed by atoms with van der Waals surface area (Å²) < 4.78 is 0. The third-order valence-electron chi connectivity index (χ3n) is 3.31. The quantitative estimate of drug-likeness (QED) is 0.729. The molecular weight excluding hydrogens is 304 g/mol. The topological polar surface area (TPSA) is 42.0 Å². The highest BCUT2D eigenvalue weighted by Crippen LogP contribution is 2.28. The van der Waals surface area contributed by atoms with Gasteiger partial charge in [-0.1, -0.05) is 42.3 Å². The first-order valence-electron chi connectivity index (χ1n) is 7.08. The molecule has 0 aliphatic rings. The van der Waals surface area contributed by atoms with Gasteiger partial charge in [-0.2, -0.15) is 0 Å². The molecule has 0 atom stereocenters. The fraction of sp³-hybridized carbons (Fsp3) is 0.0526. The Labute approximate surface area is 139 Å². The van der Waals surface area contributed by atoms with E-state index in [1.54, 1.807) is 6.07 Å².